The first-order valence-corrected chi connectivity index (χ1v) is 6.12. The normalized spacial score (nSPS) is 12.9. The molecule has 0 saturated carbocycles. The molecular weight excluding hydrogens is 249 g/mol. The van der Waals surface area contributed by atoms with Crippen LogP contribution < -0.4 is 5.32 Å². The van der Waals surface area contributed by atoms with Crippen molar-refractivity contribution in [3.05, 3.63) is 35.8 Å². The summed E-state index contributed by atoms with van der Waals surface area (Å²) in [6.07, 6.45) is -0.606. The molecule has 0 aliphatic rings. The van der Waals surface area contributed by atoms with E-state index in [-0.39, 0.29) is 24.0 Å². The molecule has 0 saturated heterocycles. The Labute approximate surface area is 110 Å². The van der Waals surface area contributed by atoms with E-state index in [1.165, 1.54) is 24.3 Å². The lowest BCUT2D eigenvalue weighted by atomic mass is 10.1. The summed E-state index contributed by atoms with van der Waals surface area (Å²) in [6, 6.07) is 5.54. The maximum Gasteiger partial charge on any atom is 0.287 e. The van der Waals surface area contributed by atoms with Crippen LogP contribution in [0.2, 0.25) is 0 Å². The summed E-state index contributed by atoms with van der Waals surface area (Å²) >= 11 is 0. The van der Waals surface area contributed by atoms with Crippen LogP contribution in [-0.4, -0.2) is 23.7 Å². The fraction of sp³-hybridized carbons (Fsp3) is 0.357. The van der Waals surface area contributed by atoms with Crippen molar-refractivity contribution in [1.29, 1.82) is 0 Å². The molecule has 0 bridgehead atoms. The Bertz CT molecular complexity index is 591. The SMILES string of the molecule is CC(C)C(O)CNC(=O)c1cc2cc(F)ccc2o1. The van der Waals surface area contributed by atoms with Crippen LogP contribution in [0.4, 0.5) is 4.39 Å². The van der Waals surface area contributed by atoms with Gasteiger partial charge in [-0.25, -0.2) is 4.39 Å². The fourth-order valence-electron chi connectivity index (χ4n) is 1.65. The molecule has 2 aromatic rings. The molecule has 1 aromatic carbocycles. The van der Waals surface area contributed by atoms with Gasteiger partial charge in [0.25, 0.3) is 5.91 Å². The lowest BCUT2D eigenvalue weighted by Crippen LogP contribution is -2.34. The summed E-state index contributed by atoms with van der Waals surface area (Å²) in [4.78, 5) is 11.8. The molecule has 0 radical (unpaired) electrons. The van der Waals surface area contributed by atoms with Crippen LogP contribution in [0.15, 0.2) is 28.7 Å². The number of fused-ring (bicyclic) bond motifs is 1. The predicted octanol–water partition coefficient (Wildman–Crippen LogP) is 2.32. The number of furan rings is 1. The van der Waals surface area contributed by atoms with Gasteiger partial charge in [0.05, 0.1) is 6.10 Å². The molecule has 5 heteroatoms. The molecule has 1 unspecified atom stereocenters. The lowest BCUT2D eigenvalue weighted by molar-refractivity contribution is 0.0849. The minimum Gasteiger partial charge on any atom is -0.451 e. The second kappa shape index (κ2) is 5.40. The summed E-state index contributed by atoms with van der Waals surface area (Å²) in [5.74, 6) is -0.631. The zero-order chi connectivity index (χ0) is 14.0. The predicted molar refractivity (Wildman–Crippen MR) is 69.4 cm³/mol. The number of hydrogen-bond acceptors (Lipinski definition) is 3. The maximum absolute atomic E-state index is 13.0. The first kappa shape index (κ1) is 13.5. The highest BCUT2D eigenvalue weighted by Crippen LogP contribution is 2.20. The average Bonchev–Trinajstić information content (AvgIpc) is 2.78. The highest BCUT2D eigenvalue weighted by Gasteiger charge is 2.15. The number of hydrogen-bond donors (Lipinski definition) is 2. The second-order valence-corrected chi connectivity index (χ2v) is 4.81. The molecule has 102 valence electrons. The van der Waals surface area contributed by atoms with Crippen molar-refractivity contribution in [3.8, 4) is 0 Å². The standard InChI is InChI=1S/C14H16FNO3/c1-8(2)11(17)7-16-14(18)13-6-9-5-10(15)3-4-12(9)19-13/h3-6,8,11,17H,7H2,1-2H3,(H,16,18). The molecule has 4 nitrogen and oxygen atoms in total. The van der Waals surface area contributed by atoms with Gasteiger partial charge in [-0.1, -0.05) is 13.8 Å². The number of benzene rings is 1. The Morgan fingerprint density at radius 1 is 1.42 bits per heavy atom. The van der Waals surface area contributed by atoms with Crippen LogP contribution in [0.5, 0.6) is 0 Å². The quantitative estimate of drug-likeness (QED) is 0.891. The van der Waals surface area contributed by atoms with E-state index >= 15 is 0 Å². The summed E-state index contributed by atoms with van der Waals surface area (Å²) in [5, 5.41) is 12.7. The molecule has 19 heavy (non-hydrogen) atoms. The highest BCUT2D eigenvalue weighted by molar-refractivity contribution is 5.96. The van der Waals surface area contributed by atoms with Crippen LogP contribution in [-0.2, 0) is 0 Å². The maximum atomic E-state index is 13.0. The van der Waals surface area contributed by atoms with Gasteiger partial charge in [-0.3, -0.25) is 4.79 Å². The number of aliphatic hydroxyl groups is 1. The van der Waals surface area contributed by atoms with Crippen molar-refractivity contribution >= 4 is 16.9 Å². The molecule has 0 spiro atoms. The first-order valence-electron chi connectivity index (χ1n) is 6.12. The van der Waals surface area contributed by atoms with Crippen molar-refractivity contribution in [1.82, 2.24) is 5.32 Å². The Balaban J connectivity index is 2.09. The van der Waals surface area contributed by atoms with E-state index in [4.69, 9.17) is 4.42 Å². The average molecular weight is 265 g/mol. The molecule has 0 fully saturated rings. The minimum atomic E-state index is -0.606. The Kier molecular flexibility index (Phi) is 3.85. The largest absolute Gasteiger partial charge is 0.451 e. The Morgan fingerprint density at radius 3 is 2.84 bits per heavy atom. The number of amides is 1. The summed E-state index contributed by atoms with van der Waals surface area (Å²) in [5.41, 5.74) is 0.455. The van der Waals surface area contributed by atoms with Crippen LogP contribution in [0.3, 0.4) is 0 Å². The number of carbonyl (C=O) groups excluding carboxylic acids is 1. The van der Waals surface area contributed by atoms with Crippen molar-refractivity contribution < 1.29 is 18.7 Å². The van der Waals surface area contributed by atoms with Gasteiger partial charge in [0.1, 0.15) is 11.4 Å². The molecule has 2 rings (SSSR count). The number of halogens is 1. The van der Waals surface area contributed by atoms with Crippen molar-refractivity contribution in [2.45, 2.75) is 20.0 Å². The molecule has 1 aromatic heterocycles. The fourth-order valence-corrected chi connectivity index (χ4v) is 1.65. The van der Waals surface area contributed by atoms with E-state index in [1.807, 2.05) is 13.8 Å². The molecule has 0 aliphatic carbocycles. The summed E-state index contributed by atoms with van der Waals surface area (Å²) in [7, 11) is 0. The van der Waals surface area contributed by atoms with E-state index in [2.05, 4.69) is 5.32 Å². The molecular formula is C14H16FNO3. The van der Waals surface area contributed by atoms with Crippen LogP contribution in [0, 0.1) is 11.7 Å². The van der Waals surface area contributed by atoms with E-state index < -0.39 is 12.0 Å². The number of nitrogens with one attached hydrogen (secondary N) is 1. The van der Waals surface area contributed by atoms with Gasteiger partial charge in [-0.15, -0.1) is 0 Å². The van der Waals surface area contributed by atoms with E-state index in [0.717, 1.165) is 0 Å². The number of carbonyl (C=O) groups is 1. The van der Waals surface area contributed by atoms with Crippen LogP contribution in [0.25, 0.3) is 11.0 Å². The molecule has 1 atom stereocenters. The van der Waals surface area contributed by atoms with Crippen LogP contribution in [0.1, 0.15) is 24.4 Å². The summed E-state index contributed by atoms with van der Waals surface area (Å²) < 4.78 is 18.3. The highest BCUT2D eigenvalue weighted by atomic mass is 19.1. The number of aliphatic hydroxyl groups excluding tert-OH is 1. The van der Waals surface area contributed by atoms with Gasteiger partial charge >= 0.3 is 0 Å². The third-order valence-corrected chi connectivity index (χ3v) is 2.94. The first-order chi connectivity index (χ1) is 8.97. The molecule has 1 heterocycles. The van der Waals surface area contributed by atoms with Crippen LogP contribution >= 0.6 is 0 Å². The smallest absolute Gasteiger partial charge is 0.287 e. The van der Waals surface area contributed by atoms with Gasteiger partial charge in [-0.2, -0.15) is 0 Å². The molecule has 1 amide bonds. The monoisotopic (exact) mass is 265 g/mol. The Hall–Kier alpha value is -1.88. The van der Waals surface area contributed by atoms with Gasteiger partial charge in [0.2, 0.25) is 0 Å². The third-order valence-electron chi connectivity index (χ3n) is 2.94. The van der Waals surface area contributed by atoms with Crippen molar-refractivity contribution in [2.24, 2.45) is 5.92 Å². The second-order valence-electron chi connectivity index (χ2n) is 4.81. The van der Waals surface area contributed by atoms with Crippen molar-refractivity contribution in [2.75, 3.05) is 6.54 Å². The lowest BCUT2D eigenvalue weighted by Gasteiger charge is -2.14. The van der Waals surface area contributed by atoms with Gasteiger partial charge in [0, 0.05) is 11.9 Å². The summed E-state index contributed by atoms with van der Waals surface area (Å²) in [6.45, 7) is 3.88. The van der Waals surface area contributed by atoms with E-state index in [1.54, 1.807) is 0 Å². The number of rotatable bonds is 4. The topological polar surface area (TPSA) is 62.5 Å². The Morgan fingerprint density at radius 2 is 2.16 bits per heavy atom. The minimum absolute atomic E-state index is 0.0602. The zero-order valence-corrected chi connectivity index (χ0v) is 10.8. The van der Waals surface area contributed by atoms with E-state index in [0.29, 0.717) is 11.0 Å². The van der Waals surface area contributed by atoms with Gasteiger partial charge < -0.3 is 14.8 Å². The molecule has 0 aliphatic heterocycles. The van der Waals surface area contributed by atoms with Gasteiger partial charge in [-0.05, 0) is 30.2 Å². The third kappa shape index (κ3) is 3.12. The zero-order valence-electron chi connectivity index (χ0n) is 10.8. The van der Waals surface area contributed by atoms with E-state index in [9.17, 15) is 14.3 Å². The molecule has 2 N–H and O–H groups in total. The van der Waals surface area contributed by atoms with Crippen molar-refractivity contribution in [3.63, 3.8) is 0 Å². The van der Waals surface area contributed by atoms with Gasteiger partial charge in [0.15, 0.2) is 5.76 Å².